The summed E-state index contributed by atoms with van der Waals surface area (Å²) in [4.78, 5) is 40.5. The number of aromatic nitrogens is 2. The third-order valence-corrected chi connectivity index (χ3v) is 9.47. The van der Waals surface area contributed by atoms with Gasteiger partial charge in [-0.1, -0.05) is 65.1 Å². The molecule has 9 nitrogen and oxygen atoms in total. The van der Waals surface area contributed by atoms with E-state index in [0.717, 1.165) is 16.9 Å². The van der Waals surface area contributed by atoms with Crippen LogP contribution in [0.3, 0.4) is 0 Å². The SMILES string of the molecule is COC(=O)c1ccc(C2/C(=C(\O)c3ccc4c(c3)CC(C)O4)C(=O)C(=O)N2c2nnc(SCc3ccc(C)cc3)s2)cc1. The maximum Gasteiger partial charge on any atom is 0.337 e. The van der Waals surface area contributed by atoms with Gasteiger partial charge in [-0.3, -0.25) is 14.5 Å². The van der Waals surface area contributed by atoms with E-state index in [9.17, 15) is 19.5 Å². The van der Waals surface area contributed by atoms with E-state index in [-0.39, 0.29) is 22.6 Å². The molecular formula is C32H27N3O6S2. The highest BCUT2D eigenvalue weighted by Gasteiger charge is 2.48. The van der Waals surface area contributed by atoms with Crippen LogP contribution in [0.2, 0.25) is 0 Å². The minimum Gasteiger partial charge on any atom is -0.507 e. The van der Waals surface area contributed by atoms with Gasteiger partial charge in [0.2, 0.25) is 5.13 Å². The molecule has 218 valence electrons. The number of aliphatic hydroxyl groups excluding tert-OH is 1. The molecule has 1 N–H and O–H groups in total. The van der Waals surface area contributed by atoms with Gasteiger partial charge in [-0.2, -0.15) is 0 Å². The first-order chi connectivity index (χ1) is 20.7. The molecule has 43 heavy (non-hydrogen) atoms. The van der Waals surface area contributed by atoms with Crippen LogP contribution in [0.4, 0.5) is 5.13 Å². The smallest absolute Gasteiger partial charge is 0.337 e. The second-order valence-electron chi connectivity index (χ2n) is 10.4. The van der Waals surface area contributed by atoms with Gasteiger partial charge in [-0.25, -0.2) is 4.79 Å². The number of nitrogens with zero attached hydrogens (tertiary/aromatic N) is 3. The zero-order valence-electron chi connectivity index (χ0n) is 23.6. The summed E-state index contributed by atoms with van der Waals surface area (Å²) < 4.78 is 11.2. The number of aliphatic hydroxyl groups is 1. The van der Waals surface area contributed by atoms with Crippen LogP contribution in [-0.4, -0.2) is 46.2 Å². The Bertz CT molecular complexity index is 1760. The maximum atomic E-state index is 13.6. The third kappa shape index (κ3) is 5.53. The van der Waals surface area contributed by atoms with Crippen molar-refractivity contribution >= 4 is 51.6 Å². The van der Waals surface area contributed by atoms with Gasteiger partial charge in [0.15, 0.2) is 4.34 Å². The highest BCUT2D eigenvalue weighted by molar-refractivity contribution is 8.00. The van der Waals surface area contributed by atoms with Crippen LogP contribution in [-0.2, 0) is 26.5 Å². The molecule has 1 fully saturated rings. The van der Waals surface area contributed by atoms with Gasteiger partial charge >= 0.3 is 11.9 Å². The normalized spacial score (nSPS) is 18.9. The van der Waals surface area contributed by atoms with E-state index < -0.39 is 23.7 Å². The average molecular weight is 614 g/mol. The number of aryl methyl sites for hydroxylation is 1. The Hall–Kier alpha value is -4.48. The lowest BCUT2D eigenvalue weighted by molar-refractivity contribution is -0.132. The first kappa shape index (κ1) is 28.6. The molecule has 0 radical (unpaired) electrons. The molecule has 4 aromatic rings. The molecule has 0 saturated carbocycles. The molecule has 1 saturated heterocycles. The zero-order chi connectivity index (χ0) is 30.2. The molecule has 3 heterocycles. The number of thioether (sulfide) groups is 1. The fourth-order valence-electron chi connectivity index (χ4n) is 5.18. The van der Waals surface area contributed by atoms with Gasteiger partial charge in [0, 0.05) is 17.7 Å². The zero-order valence-corrected chi connectivity index (χ0v) is 25.2. The first-order valence-corrected chi connectivity index (χ1v) is 15.3. The van der Waals surface area contributed by atoms with Gasteiger partial charge in [0.25, 0.3) is 5.78 Å². The molecule has 2 aliphatic rings. The maximum absolute atomic E-state index is 13.6. The van der Waals surface area contributed by atoms with Crippen molar-refractivity contribution in [3.05, 3.63) is 106 Å². The number of ether oxygens (including phenoxy) is 2. The van der Waals surface area contributed by atoms with Crippen LogP contribution in [0.25, 0.3) is 5.76 Å². The molecule has 1 aromatic heterocycles. The van der Waals surface area contributed by atoms with Gasteiger partial charge in [-0.05, 0) is 60.9 Å². The fraction of sp³-hybridized carbons (Fsp3) is 0.219. The van der Waals surface area contributed by atoms with Crippen molar-refractivity contribution in [3.63, 3.8) is 0 Å². The topological polar surface area (TPSA) is 119 Å². The number of Topliss-reactive ketones (excluding diaryl/α,β-unsaturated/α-hetero) is 1. The summed E-state index contributed by atoms with van der Waals surface area (Å²) >= 11 is 2.67. The molecule has 0 aliphatic carbocycles. The monoisotopic (exact) mass is 613 g/mol. The average Bonchev–Trinajstić information content (AvgIpc) is 3.71. The van der Waals surface area contributed by atoms with Crippen molar-refractivity contribution in [1.29, 1.82) is 0 Å². The first-order valence-electron chi connectivity index (χ1n) is 13.5. The number of carbonyl (C=O) groups excluding carboxylic acids is 3. The summed E-state index contributed by atoms with van der Waals surface area (Å²) in [6, 6.07) is 18.8. The number of ketones is 1. The van der Waals surface area contributed by atoms with E-state index in [1.807, 2.05) is 38.1 Å². The molecule has 3 aromatic carbocycles. The summed E-state index contributed by atoms with van der Waals surface area (Å²) in [6.45, 7) is 3.99. The Labute approximate surface area is 256 Å². The van der Waals surface area contributed by atoms with Crippen molar-refractivity contribution in [2.75, 3.05) is 12.0 Å². The molecular weight excluding hydrogens is 587 g/mol. The lowest BCUT2D eigenvalue weighted by Gasteiger charge is -2.22. The van der Waals surface area contributed by atoms with E-state index in [1.54, 1.807) is 42.5 Å². The summed E-state index contributed by atoms with van der Waals surface area (Å²) in [5.74, 6) is -1.10. The minimum atomic E-state index is -1.00. The van der Waals surface area contributed by atoms with Crippen LogP contribution in [0.5, 0.6) is 5.75 Å². The van der Waals surface area contributed by atoms with Gasteiger partial charge in [0.1, 0.15) is 17.6 Å². The van der Waals surface area contributed by atoms with E-state index in [0.29, 0.717) is 33.2 Å². The van der Waals surface area contributed by atoms with E-state index in [4.69, 9.17) is 9.47 Å². The van der Waals surface area contributed by atoms with Gasteiger partial charge in [-0.15, -0.1) is 10.2 Å². The number of anilines is 1. The molecule has 0 bridgehead atoms. The van der Waals surface area contributed by atoms with Crippen LogP contribution >= 0.6 is 23.1 Å². The Kier molecular flexibility index (Phi) is 7.76. The van der Waals surface area contributed by atoms with Crippen LogP contribution < -0.4 is 9.64 Å². The van der Waals surface area contributed by atoms with Gasteiger partial charge < -0.3 is 14.6 Å². The number of fused-ring (bicyclic) bond motifs is 1. The van der Waals surface area contributed by atoms with Crippen LogP contribution in [0.1, 0.15) is 51.1 Å². The van der Waals surface area contributed by atoms with E-state index in [1.165, 1.54) is 40.7 Å². The fourth-order valence-corrected chi connectivity index (χ4v) is 7.00. The Morgan fingerprint density at radius 2 is 1.79 bits per heavy atom. The summed E-state index contributed by atoms with van der Waals surface area (Å²) in [5, 5.41) is 20.3. The largest absolute Gasteiger partial charge is 0.507 e. The lowest BCUT2D eigenvalue weighted by Crippen LogP contribution is -2.29. The molecule has 11 heteroatoms. The second kappa shape index (κ2) is 11.7. The molecule has 2 unspecified atom stereocenters. The number of benzene rings is 3. The number of hydrogen-bond acceptors (Lipinski definition) is 10. The number of methoxy groups -OCH3 is 1. The van der Waals surface area contributed by atoms with Crippen LogP contribution in [0.15, 0.2) is 76.6 Å². The molecule has 2 aliphatic heterocycles. The van der Waals surface area contributed by atoms with Crippen molar-refractivity contribution in [2.45, 2.75) is 42.5 Å². The van der Waals surface area contributed by atoms with Crippen LogP contribution in [0, 0.1) is 6.92 Å². The summed E-state index contributed by atoms with van der Waals surface area (Å²) in [5.41, 5.74) is 4.34. The Morgan fingerprint density at radius 1 is 1.07 bits per heavy atom. The van der Waals surface area contributed by atoms with E-state index in [2.05, 4.69) is 10.2 Å². The van der Waals surface area contributed by atoms with Crippen molar-refractivity contribution in [3.8, 4) is 5.75 Å². The lowest BCUT2D eigenvalue weighted by atomic mass is 9.94. The number of carbonyl (C=O) groups is 3. The molecule has 2 atom stereocenters. The van der Waals surface area contributed by atoms with Crippen molar-refractivity contribution in [2.24, 2.45) is 0 Å². The number of hydrogen-bond donors (Lipinski definition) is 1. The van der Waals surface area contributed by atoms with Gasteiger partial charge in [0.05, 0.1) is 24.3 Å². The third-order valence-electron chi connectivity index (χ3n) is 7.35. The summed E-state index contributed by atoms with van der Waals surface area (Å²) in [6.07, 6.45) is 0.665. The predicted octanol–water partition coefficient (Wildman–Crippen LogP) is 5.88. The predicted molar refractivity (Wildman–Crippen MR) is 163 cm³/mol. The van der Waals surface area contributed by atoms with Crippen molar-refractivity contribution < 1.29 is 29.0 Å². The number of amides is 1. The quantitative estimate of drug-likeness (QED) is 0.0681. The second-order valence-corrected chi connectivity index (χ2v) is 12.5. The molecule has 0 spiro atoms. The summed E-state index contributed by atoms with van der Waals surface area (Å²) in [7, 11) is 1.29. The highest BCUT2D eigenvalue weighted by Crippen LogP contribution is 2.44. The Balaban J connectivity index is 1.39. The number of esters is 1. The van der Waals surface area contributed by atoms with E-state index >= 15 is 0 Å². The Morgan fingerprint density at radius 3 is 2.51 bits per heavy atom. The minimum absolute atomic E-state index is 0.00165. The standard InChI is InChI=1S/C32H27N3O6S2/c1-17-4-6-19(7-5-17)16-42-32-34-33-31(43-32)35-26(20-8-10-21(11-9-20)30(39)40-3)25(28(37)29(35)38)27(36)22-12-13-24-23(15-22)14-18(2)41-24/h4-13,15,18,26,36H,14,16H2,1-3H3/b27-25+. The molecule has 1 amide bonds. The highest BCUT2D eigenvalue weighted by atomic mass is 32.2. The molecule has 6 rings (SSSR count). The number of rotatable bonds is 7. The van der Waals surface area contributed by atoms with Crippen molar-refractivity contribution in [1.82, 2.24) is 10.2 Å².